The highest BCUT2D eigenvalue weighted by atomic mass is 16.4. The molecule has 1 rings (SSSR count). The molecule has 5 nitrogen and oxygen atoms in total. The fraction of sp³-hybridized carbons (Fsp3) is 0.333. The summed E-state index contributed by atoms with van der Waals surface area (Å²) in [6.45, 7) is 5.47. The topological polar surface area (TPSA) is 71.3 Å². The Morgan fingerprint density at radius 1 is 1.65 bits per heavy atom. The zero-order valence-corrected chi connectivity index (χ0v) is 9.72. The molecule has 1 aromatic rings. The monoisotopic (exact) mass is 236 g/mol. The molecule has 92 valence electrons. The van der Waals surface area contributed by atoms with Crippen molar-refractivity contribution in [2.45, 2.75) is 25.9 Å². The third kappa shape index (κ3) is 3.79. The molecule has 1 amide bonds. The van der Waals surface area contributed by atoms with E-state index in [0.717, 1.165) is 0 Å². The lowest BCUT2D eigenvalue weighted by atomic mass is 10.2. The number of hydrogen-bond acceptors (Lipinski definition) is 2. The molecule has 0 aromatic carbocycles. The first-order valence-corrected chi connectivity index (χ1v) is 5.33. The van der Waals surface area contributed by atoms with Crippen molar-refractivity contribution < 1.29 is 14.7 Å². The van der Waals surface area contributed by atoms with Crippen LogP contribution in [0.1, 0.15) is 23.8 Å². The van der Waals surface area contributed by atoms with Gasteiger partial charge in [-0.05, 0) is 25.5 Å². The molecule has 1 unspecified atom stereocenters. The van der Waals surface area contributed by atoms with Crippen LogP contribution in [0.5, 0.6) is 0 Å². The first kappa shape index (κ1) is 13.0. The largest absolute Gasteiger partial charge is 0.477 e. The van der Waals surface area contributed by atoms with E-state index in [1.807, 2.05) is 6.92 Å². The molecule has 0 aliphatic heterocycles. The van der Waals surface area contributed by atoms with E-state index in [9.17, 15) is 9.59 Å². The number of hydrogen-bond donors (Lipinski definition) is 2. The van der Waals surface area contributed by atoms with Gasteiger partial charge < -0.3 is 15.0 Å². The molecule has 0 spiro atoms. The van der Waals surface area contributed by atoms with Crippen molar-refractivity contribution in [2.75, 3.05) is 0 Å². The van der Waals surface area contributed by atoms with Crippen LogP contribution >= 0.6 is 0 Å². The van der Waals surface area contributed by atoms with E-state index < -0.39 is 5.97 Å². The van der Waals surface area contributed by atoms with Crippen molar-refractivity contribution in [1.82, 2.24) is 9.88 Å². The van der Waals surface area contributed by atoms with Crippen molar-refractivity contribution in [3.05, 3.63) is 36.7 Å². The molecule has 0 fully saturated rings. The second-order valence-corrected chi connectivity index (χ2v) is 3.82. The summed E-state index contributed by atoms with van der Waals surface area (Å²) >= 11 is 0. The lowest BCUT2D eigenvalue weighted by Crippen LogP contribution is -2.35. The number of carboxylic acids is 1. The summed E-state index contributed by atoms with van der Waals surface area (Å²) in [5.74, 6) is -1.25. The fourth-order valence-corrected chi connectivity index (χ4v) is 1.53. The van der Waals surface area contributed by atoms with Crippen LogP contribution in [0.25, 0.3) is 0 Å². The number of aromatic nitrogens is 1. The number of carbonyl (C=O) groups is 2. The summed E-state index contributed by atoms with van der Waals surface area (Å²) < 4.78 is 1.40. The Morgan fingerprint density at radius 3 is 2.94 bits per heavy atom. The molecule has 2 N–H and O–H groups in total. The van der Waals surface area contributed by atoms with Gasteiger partial charge in [0.15, 0.2) is 0 Å². The van der Waals surface area contributed by atoms with E-state index >= 15 is 0 Å². The van der Waals surface area contributed by atoms with Gasteiger partial charge in [0.05, 0.1) is 0 Å². The third-order valence-electron chi connectivity index (χ3n) is 2.29. The van der Waals surface area contributed by atoms with Crippen molar-refractivity contribution in [1.29, 1.82) is 0 Å². The molecule has 0 saturated carbocycles. The highest BCUT2D eigenvalue weighted by Crippen LogP contribution is 2.02. The third-order valence-corrected chi connectivity index (χ3v) is 2.29. The fourth-order valence-electron chi connectivity index (χ4n) is 1.53. The Morgan fingerprint density at radius 2 is 2.35 bits per heavy atom. The predicted octanol–water partition coefficient (Wildman–Crippen LogP) is 1.27. The molecule has 17 heavy (non-hydrogen) atoms. The molecule has 1 atom stereocenters. The summed E-state index contributed by atoms with van der Waals surface area (Å²) in [6, 6.07) is 3.07. The van der Waals surface area contributed by atoms with Crippen LogP contribution in [0, 0.1) is 0 Å². The van der Waals surface area contributed by atoms with Crippen LogP contribution < -0.4 is 5.32 Å². The first-order valence-electron chi connectivity index (χ1n) is 5.33. The maximum Gasteiger partial charge on any atom is 0.352 e. The summed E-state index contributed by atoms with van der Waals surface area (Å²) in [5, 5.41) is 11.6. The smallest absolute Gasteiger partial charge is 0.352 e. The van der Waals surface area contributed by atoms with Gasteiger partial charge in [-0.2, -0.15) is 0 Å². The zero-order chi connectivity index (χ0) is 12.8. The second-order valence-electron chi connectivity index (χ2n) is 3.82. The van der Waals surface area contributed by atoms with E-state index in [4.69, 9.17) is 5.11 Å². The van der Waals surface area contributed by atoms with Crippen LogP contribution in [0.2, 0.25) is 0 Å². The van der Waals surface area contributed by atoms with Crippen molar-refractivity contribution in [3.8, 4) is 0 Å². The molecule has 0 radical (unpaired) electrons. The van der Waals surface area contributed by atoms with Gasteiger partial charge in [0, 0.05) is 12.2 Å². The maximum atomic E-state index is 11.6. The lowest BCUT2D eigenvalue weighted by Gasteiger charge is -2.12. The molecule has 0 aliphatic rings. The Labute approximate surface area is 99.7 Å². The number of nitrogens with one attached hydrogen (secondary N) is 1. The predicted molar refractivity (Wildman–Crippen MR) is 63.8 cm³/mol. The zero-order valence-electron chi connectivity index (χ0n) is 9.72. The molecular formula is C12H16N2O3. The van der Waals surface area contributed by atoms with Gasteiger partial charge in [-0.3, -0.25) is 4.79 Å². The standard InChI is InChI=1S/C12H16N2O3/c1-3-5-9(2)13-11(15)8-14-7-4-6-10(14)12(16)17/h3-4,6-7,9H,1,5,8H2,2H3,(H,13,15)(H,16,17). The normalized spacial score (nSPS) is 11.8. The summed E-state index contributed by atoms with van der Waals surface area (Å²) in [5.41, 5.74) is 0.108. The summed E-state index contributed by atoms with van der Waals surface area (Å²) in [7, 11) is 0. The molecule has 5 heteroatoms. The minimum atomic E-state index is -1.04. The van der Waals surface area contributed by atoms with Gasteiger partial charge in [-0.25, -0.2) is 4.79 Å². The minimum Gasteiger partial charge on any atom is -0.477 e. The van der Waals surface area contributed by atoms with Gasteiger partial charge in [0.25, 0.3) is 0 Å². The van der Waals surface area contributed by atoms with Crippen molar-refractivity contribution in [2.24, 2.45) is 0 Å². The van der Waals surface area contributed by atoms with E-state index in [1.54, 1.807) is 18.3 Å². The highest BCUT2D eigenvalue weighted by Gasteiger charge is 2.12. The number of amides is 1. The average Bonchev–Trinajstić information content (AvgIpc) is 2.65. The Kier molecular flexibility index (Phi) is 4.51. The summed E-state index contributed by atoms with van der Waals surface area (Å²) in [4.78, 5) is 22.4. The molecule has 1 aromatic heterocycles. The maximum absolute atomic E-state index is 11.6. The number of rotatable bonds is 6. The summed E-state index contributed by atoms with van der Waals surface area (Å²) in [6.07, 6.45) is 3.98. The Hall–Kier alpha value is -2.04. The van der Waals surface area contributed by atoms with E-state index in [1.165, 1.54) is 10.6 Å². The SMILES string of the molecule is C=CCC(C)NC(=O)Cn1cccc1C(=O)O. The van der Waals surface area contributed by atoms with E-state index in [-0.39, 0.29) is 24.2 Å². The van der Waals surface area contributed by atoms with Crippen LogP contribution in [-0.2, 0) is 11.3 Å². The van der Waals surface area contributed by atoms with Gasteiger partial charge >= 0.3 is 5.97 Å². The number of carboxylic acid groups (broad SMARTS) is 1. The van der Waals surface area contributed by atoms with Crippen LogP contribution in [-0.4, -0.2) is 27.6 Å². The molecule has 0 aliphatic carbocycles. The second kappa shape index (κ2) is 5.89. The Balaban J connectivity index is 2.59. The highest BCUT2D eigenvalue weighted by molar-refractivity contribution is 5.86. The van der Waals surface area contributed by atoms with E-state index in [2.05, 4.69) is 11.9 Å². The number of nitrogens with zero attached hydrogens (tertiary/aromatic N) is 1. The van der Waals surface area contributed by atoms with Crippen LogP contribution in [0.15, 0.2) is 31.0 Å². The van der Waals surface area contributed by atoms with Gasteiger partial charge in [-0.1, -0.05) is 6.08 Å². The number of aromatic carboxylic acids is 1. The van der Waals surface area contributed by atoms with Crippen LogP contribution in [0.4, 0.5) is 0 Å². The average molecular weight is 236 g/mol. The molecular weight excluding hydrogens is 220 g/mol. The first-order chi connectivity index (χ1) is 8.04. The Bertz CT molecular complexity index is 423. The quantitative estimate of drug-likeness (QED) is 0.730. The molecule has 0 saturated heterocycles. The lowest BCUT2D eigenvalue weighted by molar-refractivity contribution is -0.122. The minimum absolute atomic E-state index is 0.00356. The van der Waals surface area contributed by atoms with E-state index in [0.29, 0.717) is 6.42 Å². The van der Waals surface area contributed by atoms with Crippen LogP contribution in [0.3, 0.4) is 0 Å². The van der Waals surface area contributed by atoms with Gasteiger partial charge in [0.2, 0.25) is 5.91 Å². The van der Waals surface area contributed by atoms with Crippen molar-refractivity contribution >= 4 is 11.9 Å². The molecule has 1 heterocycles. The number of carbonyl (C=O) groups excluding carboxylic acids is 1. The van der Waals surface area contributed by atoms with Crippen molar-refractivity contribution in [3.63, 3.8) is 0 Å². The molecule has 0 bridgehead atoms. The van der Waals surface area contributed by atoms with Gasteiger partial charge in [0.1, 0.15) is 12.2 Å². The van der Waals surface area contributed by atoms with Gasteiger partial charge in [-0.15, -0.1) is 6.58 Å².